The minimum atomic E-state index is -3.74. The van der Waals surface area contributed by atoms with Crippen LogP contribution in [-0.4, -0.2) is 31.2 Å². The second-order valence-electron chi connectivity index (χ2n) is 5.47. The van der Waals surface area contributed by atoms with E-state index in [0.717, 1.165) is 25.7 Å². The zero-order valence-corrected chi connectivity index (χ0v) is 12.9. The predicted octanol–water partition coefficient (Wildman–Crippen LogP) is 0.996. The van der Waals surface area contributed by atoms with Crippen LogP contribution in [0.1, 0.15) is 31.2 Å². The lowest BCUT2D eigenvalue weighted by Crippen LogP contribution is -2.44. The summed E-state index contributed by atoms with van der Waals surface area (Å²) in [7, 11) is -3.74. The molecule has 4 N–H and O–H groups in total. The molecule has 1 aromatic rings. The van der Waals surface area contributed by atoms with Crippen molar-refractivity contribution in [2.45, 2.75) is 43.5 Å². The lowest BCUT2D eigenvalue weighted by atomic mass is 10.2. The van der Waals surface area contributed by atoms with Gasteiger partial charge in [-0.2, -0.15) is 4.31 Å². The molecule has 21 heavy (non-hydrogen) atoms. The van der Waals surface area contributed by atoms with Crippen molar-refractivity contribution in [3.05, 3.63) is 23.8 Å². The summed E-state index contributed by atoms with van der Waals surface area (Å²) >= 11 is 0. The van der Waals surface area contributed by atoms with Gasteiger partial charge in [-0.05, 0) is 43.5 Å². The van der Waals surface area contributed by atoms with Gasteiger partial charge < -0.3 is 11.5 Å². The molecule has 0 spiro atoms. The van der Waals surface area contributed by atoms with Gasteiger partial charge in [-0.3, -0.25) is 4.79 Å². The monoisotopic (exact) mass is 311 g/mol. The maximum Gasteiger partial charge on any atom is 0.243 e. The minimum Gasteiger partial charge on any atom is -0.399 e. The quantitative estimate of drug-likeness (QED) is 0.791. The van der Waals surface area contributed by atoms with Gasteiger partial charge in [0.15, 0.2) is 0 Å². The number of nitrogens with zero attached hydrogens (tertiary/aromatic N) is 1. The average Bonchev–Trinajstić information content (AvgIpc) is 2.92. The first-order valence-electron chi connectivity index (χ1n) is 6.98. The van der Waals surface area contributed by atoms with Crippen LogP contribution in [0, 0.1) is 6.92 Å². The number of carbonyl (C=O) groups is 1. The van der Waals surface area contributed by atoms with Crippen molar-refractivity contribution in [2.75, 3.05) is 12.3 Å². The Hall–Kier alpha value is -1.60. The lowest BCUT2D eigenvalue weighted by Gasteiger charge is -2.27. The van der Waals surface area contributed by atoms with E-state index in [-0.39, 0.29) is 17.5 Å². The summed E-state index contributed by atoms with van der Waals surface area (Å²) in [6.07, 6.45) is 3.47. The number of anilines is 1. The van der Waals surface area contributed by atoms with Crippen LogP contribution in [0.25, 0.3) is 0 Å². The van der Waals surface area contributed by atoms with Crippen LogP contribution in [0.4, 0.5) is 5.69 Å². The zero-order valence-electron chi connectivity index (χ0n) is 12.1. The van der Waals surface area contributed by atoms with Gasteiger partial charge in [-0.1, -0.05) is 12.8 Å². The number of nitrogen functional groups attached to an aromatic ring is 1. The fourth-order valence-corrected chi connectivity index (χ4v) is 4.44. The normalized spacial score (nSPS) is 16.5. The van der Waals surface area contributed by atoms with Crippen molar-refractivity contribution >= 4 is 21.6 Å². The van der Waals surface area contributed by atoms with Gasteiger partial charge in [-0.25, -0.2) is 8.42 Å². The third kappa shape index (κ3) is 3.36. The summed E-state index contributed by atoms with van der Waals surface area (Å²) in [5.41, 5.74) is 12.2. The standard InChI is InChI=1S/C14H21N3O3S/c1-10-8-12(6-7-13(10)15)21(19,20)17(9-14(16)18)11-4-2-3-5-11/h6-8,11H,2-5,9,15H2,1H3,(H2,16,18). The Bertz CT molecular complexity index is 637. The molecular formula is C14H21N3O3S. The van der Waals surface area contributed by atoms with Crippen LogP contribution < -0.4 is 11.5 Å². The summed E-state index contributed by atoms with van der Waals surface area (Å²) in [6.45, 7) is 1.47. The van der Waals surface area contributed by atoms with Crippen molar-refractivity contribution in [1.29, 1.82) is 0 Å². The highest BCUT2D eigenvalue weighted by Gasteiger charge is 2.34. The Morgan fingerprint density at radius 3 is 2.48 bits per heavy atom. The van der Waals surface area contributed by atoms with Crippen LogP contribution in [-0.2, 0) is 14.8 Å². The summed E-state index contributed by atoms with van der Waals surface area (Å²) in [6, 6.07) is 4.42. The molecule has 0 aromatic heterocycles. The van der Waals surface area contributed by atoms with Gasteiger partial charge in [0.05, 0.1) is 11.4 Å². The lowest BCUT2D eigenvalue weighted by molar-refractivity contribution is -0.118. The van der Waals surface area contributed by atoms with E-state index >= 15 is 0 Å². The topological polar surface area (TPSA) is 106 Å². The third-order valence-corrected chi connectivity index (χ3v) is 5.79. The number of hydrogen-bond donors (Lipinski definition) is 2. The Balaban J connectivity index is 2.40. The molecule has 7 heteroatoms. The van der Waals surface area contributed by atoms with Crippen LogP contribution >= 0.6 is 0 Å². The molecule has 0 unspecified atom stereocenters. The van der Waals surface area contributed by atoms with E-state index in [9.17, 15) is 13.2 Å². The molecule has 1 aliphatic carbocycles. The van der Waals surface area contributed by atoms with Gasteiger partial charge >= 0.3 is 0 Å². The molecule has 116 valence electrons. The van der Waals surface area contributed by atoms with E-state index in [1.165, 1.54) is 16.4 Å². The van der Waals surface area contributed by atoms with Crippen molar-refractivity contribution in [2.24, 2.45) is 5.73 Å². The van der Waals surface area contributed by atoms with Crippen molar-refractivity contribution < 1.29 is 13.2 Å². The summed E-state index contributed by atoms with van der Waals surface area (Å²) in [5.74, 6) is -0.641. The Morgan fingerprint density at radius 2 is 1.95 bits per heavy atom. The summed E-state index contributed by atoms with van der Waals surface area (Å²) in [5, 5.41) is 0. The number of hydrogen-bond acceptors (Lipinski definition) is 4. The maximum absolute atomic E-state index is 12.8. The zero-order chi connectivity index (χ0) is 15.6. The molecule has 1 aromatic carbocycles. The summed E-state index contributed by atoms with van der Waals surface area (Å²) < 4.78 is 26.8. The average molecular weight is 311 g/mol. The molecule has 6 nitrogen and oxygen atoms in total. The molecule has 0 heterocycles. The molecule has 0 aliphatic heterocycles. The molecule has 0 atom stereocenters. The molecule has 0 saturated heterocycles. The number of primary amides is 1. The molecule has 1 saturated carbocycles. The number of carbonyl (C=O) groups excluding carboxylic acids is 1. The molecule has 1 fully saturated rings. The van der Waals surface area contributed by atoms with Crippen LogP contribution in [0.5, 0.6) is 0 Å². The maximum atomic E-state index is 12.8. The highest BCUT2D eigenvalue weighted by Crippen LogP contribution is 2.29. The summed E-state index contributed by atoms with van der Waals surface area (Å²) in [4.78, 5) is 11.4. The number of rotatable bonds is 5. The third-order valence-electron chi connectivity index (χ3n) is 3.89. The SMILES string of the molecule is Cc1cc(S(=O)(=O)N(CC(N)=O)C2CCCC2)ccc1N. The van der Waals surface area contributed by atoms with Crippen molar-refractivity contribution in [3.63, 3.8) is 0 Å². The highest BCUT2D eigenvalue weighted by atomic mass is 32.2. The van der Waals surface area contributed by atoms with Crippen molar-refractivity contribution in [3.8, 4) is 0 Å². The van der Waals surface area contributed by atoms with Crippen LogP contribution in [0.15, 0.2) is 23.1 Å². The Labute approximate surface area is 125 Å². The van der Waals surface area contributed by atoms with E-state index in [1.54, 1.807) is 13.0 Å². The predicted molar refractivity (Wildman–Crippen MR) is 80.9 cm³/mol. The van der Waals surface area contributed by atoms with Gasteiger partial charge in [0.2, 0.25) is 15.9 Å². The van der Waals surface area contributed by atoms with Gasteiger partial charge in [0, 0.05) is 11.7 Å². The van der Waals surface area contributed by atoms with E-state index in [1.807, 2.05) is 0 Å². The fourth-order valence-electron chi connectivity index (χ4n) is 2.70. The second kappa shape index (κ2) is 6.03. The molecule has 2 rings (SSSR count). The van der Waals surface area contributed by atoms with Crippen molar-refractivity contribution in [1.82, 2.24) is 4.31 Å². The van der Waals surface area contributed by atoms with E-state index in [2.05, 4.69) is 0 Å². The largest absolute Gasteiger partial charge is 0.399 e. The molecule has 1 amide bonds. The van der Waals surface area contributed by atoms with Gasteiger partial charge in [-0.15, -0.1) is 0 Å². The van der Waals surface area contributed by atoms with E-state index in [4.69, 9.17) is 11.5 Å². The Kier molecular flexibility index (Phi) is 4.53. The van der Waals surface area contributed by atoms with Crippen LogP contribution in [0.3, 0.4) is 0 Å². The molecule has 1 aliphatic rings. The van der Waals surface area contributed by atoms with Crippen LogP contribution in [0.2, 0.25) is 0 Å². The molecular weight excluding hydrogens is 290 g/mol. The van der Waals surface area contributed by atoms with E-state index < -0.39 is 15.9 Å². The number of benzene rings is 1. The molecule has 0 radical (unpaired) electrons. The number of nitrogens with two attached hydrogens (primary N) is 2. The first kappa shape index (κ1) is 15.8. The first-order valence-corrected chi connectivity index (χ1v) is 8.42. The minimum absolute atomic E-state index is 0.152. The smallest absolute Gasteiger partial charge is 0.243 e. The first-order chi connectivity index (χ1) is 9.82. The number of amides is 1. The fraction of sp³-hybridized carbons (Fsp3) is 0.500. The van der Waals surface area contributed by atoms with E-state index in [0.29, 0.717) is 11.3 Å². The number of sulfonamides is 1. The highest BCUT2D eigenvalue weighted by molar-refractivity contribution is 7.89. The second-order valence-corrected chi connectivity index (χ2v) is 7.36. The number of aryl methyl sites for hydroxylation is 1. The van der Waals surface area contributed by atoms with Gasteiger partial charge in [0.25, 0.3) is 0 Å². The molecule has 0 bridgehead atoms. The Morgan fingerprint density at radius 1 is 1.33 bits per heavy atom. The van der Waals surface area contributed by atoms with Gasteiger partial charge in [0.1, 0.15) is 0 Å².